The number of carbonyl (C=O) groups is 1. The van der Waals surface area contributed by atoms with Gasteiger partial charge in [-0.1, -0.05) is 0 Å². The number of hydrogen-bond acceptors (Lipinski definition) is 3. The molecule has 70 valence electrons. The normalized spacial score (nSPS) is 24.1. The number of hydrogen-bond donors (Lipinski definition) is 0. The fourth-order valence-corrected chi connectivity index (χ4v) is 0.897. The number of ether oxygens (including phenoxy) is 2. The zero-order valence-corrected chi connectivity index (χ0v) is 7.30. The van der Waals surface area contributed by atoms with E-state index in [1.54, 1.807) is 0 Å². The Hall–Kier alpha value is -0.640. The lowest BCUT2D eigenvalue weighted by atomic mass is 10.2. The van der Waals surface area contributed by atoms with Crippen molar-refractivity contribution in [3.05, 3.63) is 0 Å². The van der Waals surface area contributed by atoms with Gasteiger partial charge in [-0.05, 0) is 13.8 Å². The zero-order chi connectivity index (χ0) is 9.19. The Morgan fingerprint density at radius 2 is 2.33 bits per heavy atom. The van der Waals surface area contributed by atoms with Crippen molar-refractivity contribution in [2.24, 2.45) is 0 Å². The summed E-state index contributed by atoms with van der Waals surface area (Å²) < 4.78 is 22.7. The highest BCUT2D eigenvalue weighted by Gasteiger charge is 2.31. The van der Waals surface area contributed by atoms with Crippen molar-refractivity contribution in [1.82, 2.24) is 0 Å². The van der Waals surface area contributed by atoms with Crippen molar-refractivity contribution in [3.63, 3.8) is 0 Å². The minimum absolute atomic E-state index is 0.257. The van der Waals surface area contributed by atoms with Crippen molar-refractivity contribution in [2.45, 2.75) is 32.0 Å². The van der Waals surface area contributed by atoms with Crippen LogP contribution < -0.4 is 0 Å². The first kappa shape index (κ1) is 9.45. The molecule has 0 amide bonds. The fourth-order valence-electron chi connectivity index (χ4n) is 0.897. The minimum Gasteiger partial charge on any atom is -0.457 e. The van der Waals surface area contributed by atoms with Crippen LogP contribution in [-0.2, 0) is 14.3 Å². The second-order valence-electron chi connectivity index (χ2n) is 3.36. The summed E-state index contributed by atoms with van der Waals surface area (Å²) in [6, 6.07) is 0. The maximum absolute atomic E-state index is 12.9. The second-order valence-corrected chi connectivity index (χ2v) is 3.36. The first-order valence-electron chi connectivity index (χ1n) is 3.98. The van der Waals surface area contributed by atoms with Crippen LogP contribution in [0.3, 0.4) is 0 Å². The lowest BCUT2D eigenvalue weighted by Gasteiger charge is -2.16. The van der Waals surface area contributed by atoms with Crippen molar-refractivity contribution < 1.29 is 18.7 Å². The van der Waals surface area contributed by atoms with E-state index in [2.05, 4.69) is 0 Å². The average molecular weight is 176 g/mol. The highest BCUT2D eigenvalue weighted by molar-refractivity contribution is 5.78. The summed E-state index contributed by atoms with van der Waals surface area (Å²) >= 11 is 0. The van der Waals surface area contributed by atoms with Gasteiger partial charge in [0.2, 0.25) is 5.67 Å². The minimum atomic E-state index is -1.90. The Kier molecular flexibility index (Phi) is 2.67. The van der Waals surface area contributed by atoms with E-state index in [9.17, 15) is 9.18 Å². The van der Waals surface area contributed by atoms with Crippen LogP contribution in [0, 0.1) is 0 Å². The van der Waals surface area contributed by atoms with Crippen molar-refractivity contribution >= 4 is 5.97 Å². The summed E-state index contributed by atoms with van der Waals surface area (Å²) in [7, 11) is 0. The molecule has 0 saturated carbocycles. The van der Waals surface area contributed by atoms with E-state index in [1.807, 2.05) is 0 Å². The molecule has 1 rings (SSSR count). The Balaban J connectivity index is 2.35. The van der Waals surface area contributed by atoms with Crippen molar-refractivity contribution in [1.29, 1.82) is 0 Å². The quantitative estimate of drug-likeness (QED) is 0.590. The van der Waals surface area contributed by atoms with E-state index in [1.165, 1.54) is 13.8 Å². The molecule has 0 N–H and O–H groups in total. The molecule has 0 aromatic heterocycles. The molecule has 1 unspecified atom stereocenters. The smallest absolute Gasteiger partial charge is 0.343 e. The van der Waals surface area contributed by atoms with Crippen LogP contribution in [0.25, 0.3) is 0 Å². The van der Waals surface area contributed by atoms with Gasteiger partial charge in [-0.2, -0.15) is 0 Å². The average Bonchev–Trinajstić information content (AvgIpc) is 2.37. The number of halogens is 1. The van der Waals surface area contributed by atoms with Gasteiger partial charge in [0.15, 0.2) is 0 Å². The van der Waals surface area contributed by atoms with Gasteiger partial charge >= 0.3 is 5.97 Å². The van der Waals surface area contributed by atoms with Gasteiger partial charge < -0.3 is 9.47 Å². The van der Waals surface area contributed by atoms with Crippen LogP contribution in [0.1, 0.15) is 20.3 Å². The molecule has 1 fully saturated rings. The van der Waals surface area contributed by atoms with Gasteiger partial charge in [0, 0.05) is 6.42 Å². The van der Waals surface area contributed by atoms with Gasteiger partial charge in [-0.3, -0.25) is 0 Å². The van der Waals surface area contributed by atoms with E-state index in [0.29, 0.717) is 19.6 Å². The molecule has 0 aromatic carbocycles. The predicted octanol–water partition coefficient (Wildman–Crippen LogP) is 1.07. The molecule has 0 bridgehead atoms. The third-order valence-electron chi connectivity index (χ3n) is 1.65. The van der Waals surface area contributed by atoms with Gasteiger partial charge in [0.05, 0.1) is 13.2 Å². The number of esters is 1. The summed E-state index contributed by atoms with van der Waals surface area (Å²) in [5.74, 6) is -0.807. The molecular formula is C8H13FO3. The van der Waals surface area contributed by atoms with Gasteiger partial charge in [-0.15, -0.1) is 0 Å². The van der Waals surface area contributed by atoms with Gasteiger partial charge in [-0.25, -0.2) is 9.18 Å². The summed E-state index contributed by atoms with van der Waals surface area (Å²) in [5, 5.41) is 0. The maximum Gasteiger partial charge on any atom is 0.343 e. The highest BCUT2D eigenvalue weighted by atomic mass is 19.1. The van der Waals surface area contributed by atoms with Crippen molar-refractivity contribution in [3.8, 4) is 0 Å². The largest absolute Gasteiger partial charge is 0.457 e. The van der Waals surface area contributed by atoms with Crippen LogP contribution in [0.2, 0.25) is 0 Å². The fraction of sp³-hybridized carbons (Fsp3) is 0.875. The summed E-state index contributed by atoms with van der Waals surface area (Å²) in [4.78, 5) is 11.0. The molecule has 3 nitrogen and oxygen atoms in total. The number of alkyl halides is 1. The first-order chi connectivity index (χ1) is 5.50. The Labute approximate surface area is 70.8 Å². The highest BCUT2D eigenvalue weighted by Crippen LogP contribution is 2.15. The molecular weight excluding hydrogens is 163 g/mol. The molecule has 0 aliphatic carbocycles. The molecule has 0 spiro atoms. The van der Waals surface area contributed by atoms with E-state index in [0.717, 1.165) is 0 Å². The Morgan fingerprint density at radius 1 is 1.67 bits per heavy atom. The summed E-state index contributed by atoms with van der Waals surface area (Å²) in [5.41, 5.74) is -1.90. The Bertz CT molecular complexity index is 168. The monoisotopic (exact) mass is 176 g/mol. The molecule has 1 atom stereocenters. The van der Waals surface area contributed by atoms with Crippen LogP contribution in [0.5, 0.6) is 0 Å². The SMILES string of the molecule is CC(C)(F)C(=O)OC1CCOC1. The molecule has 12 heavy (non-hydrogen) atoms. The van der Waals surface area contributed by atoms with Crippen LogP contribution in [0.15, 0.2) is 0 Å². The van der Waals surface area contributed by atoms with E-state index in [-0.39, 0.29) is 6.10 Å². The number of rotatable bonds is 2. The third kappa shape index (κ3) is 2.44. The maximum atomic E-state index is 12.9. The standard InChI is InChI=1S/C8H13FO3/c1-8(2,9)7(10)12-6-3-4-11-5-6/h6H,3-5H2,1-2H3. The summed E-state index contributed by atoms with van der Waals surface area (Å²) in [6.07, 6.45) is 0.412. The predicted molar refractivity (Wildman–Crippen MR) is 40.5 cm³/mol. The third-order valence-corrected chi connectivity index (χ3v) is 1.65. The van der Waals surface area contributed by atoms with Gasteiger partial charge in [0.25, 0.3) is 0 Å². The molecule has 0 radical (unpaired) electrons. The van der Waals surface area contributed by atoms with E-state index >= 15 is 0 Å². The second kappa shape index (κ2) is 3.39. The zero-order valence-electron chi connectivity index (χ0n) is 7.30. The molecule has 1 aliphatic heterocycles. The topological polar surface area (TPSA) is 35.5 Å². The van der Waals surface area contributed by atoms with E-state index in [4.69, 9.17) is 9.47 Å². The molecule has 1 heterocycles. The molecule has 0 aromatic rings. The molecule has 4 heteroatoms. The molecule has 1 aliphatic rings. The lowest BCUT2D eigenvalue weighted by molar-refractivity contribution is -0.161. The van der Waals surface area contributed by atoms with E-state index < -0.39 is 11.6 Å². The molecule has 1 saturated heterocycles. The van der Waals surface area contributed by atoms with Crippen LogP contribution >= 0.6 is 0 Å². The lowest BCUT2D eigenvalue weighted by Crippen LogP contribution is -2.32. The van der Waals surface area contributed by atoms with Crippen molar-refractivity contribution in [2.75, 3.05) is 13.2 Å². The number of carbonyl (C=O) groups excluding carboxylic acids is 1. The van der Waals surface area contributed by atoms with Crippen LogP contribution in [-0.4, -0.2) is 31.0 Å². The van der Waals surface area contributed by atoms with Gasteiger partial charge in [0.1, 0.15) is 6.10 Å². The van der Waals surface area contributed by atoms with Crippen LogP contribution in [0.4, 0.5) is 4.39 Å². The first-order valence-corrected chi connectivity index (χ1v) is 3.98. The Morgan fingerprint density at radius 3 is 2.75 bits per heavy atom. The summed E-state index contributed by atoms with van der Waals surface area (Å²) in [6.45, 7) is 3.35.